The van der Waals surface area contributed by atoms with Crippen molar-refractivity contribution < 1.29 is 22.7 Å². The first-order chi connectivity index (χ1) is 11.2. The third-order valence-corrected chi connectivity index (χ3v) is 3.01. The molecular formula is C15H17F3N4O2. The largest absolute Gasteiger partial charge is 0.474 e. The van der Waals surface area contributed by atoms with E-state index in [1.807, 2.05) is 5.32 Å². The topological polar surface area (TPSA) is 69.0 Å². The van der Waals surface area contributed by atoms with Crippen molar-refractivity contribution in [3.05, 3.63) is 42.1 Å². The van der Waals surface area contributed by atoms with E-state index in [9.17, 15) is 18.0 Å². The molecule has 0 fully saturated rings. The lowest BCUT2D eigenvalue weighted by molar-refractivity contribution is -0.155. The molecule has 2 heterocycles. The number of ether oxygens (including phenoxy) is 1. The van der Waals surface area contributed by atoms with Crippen LogP contribution in [0, 0.1) is 0 Å². The number of hydrogen-bond donors (Lipinski definition) is 1. The fourth-order valence-electron chi connectivity index (χ4n) is 1.99. The van der Waals surface area contributed by atoms with Crippen molar-refractivity contribution >= 4 is 5.91 Å². The second-order valence-electron chi connectivity index (χ2n) is 5.46. The van der Waals surface area contributed by atoms with Crippen molar-refractivity contribution in [2.75, 3.05) is 0 Å². The van der Waals surface area contributed by atoms with E-state index in [0.717, 1.165) is 6.20 Å². The molecule has 1 atom stereocenters. The normalized spacial score (nSPS) is 13.0. The number of hydrogen-bond acceptors (Lipinski definition) is 4. The summed E-state index contributed by atoms with van der Waals surface area (Å²) in [6.45, 7) is 3.58. The van der Waals surface area contributed by atoms with Gasteiger partial charge in [-0.3, -0.25) is 4.79 Å². The Morgan fingerprint density at radius 2 is 2.00 bits per heavy atom. The SMILES string of the molecule is CC(C)Oc1cnc(C(=O)N[C@H](c2ccn(C)c2)C(F)(F)F)cn1. The average Bonchev–Trinajstić information content (AvgIpc) is 2.89. The first kappa shape index (κ1) is 17.8. The molecule has 0 spiro atoms. The van der Waals surface area contributed by atoms with Crippen molar-refractivity contribution in [2.45, 2.75) is 32.2 Å². The highest BCUT2D eigenvalue weighted by Gasteiger charge is 2.42. The summed E-state index contributed by atoms with van der Waals surface area (Å²) in [6, 6.07) is -0.830. The molecule has 2 aromatic rings. The van der Waals surface area contributed by atoms with E-state index < -0.39 is 18.1 Å². The Labute approximate surface area is 136 Å². The van der Waals surface area contributed by atoms with Gasteiger partial charge in [-0.2, -0.15) is 13.2 Å². The van der Waals surface area contributed by atoms with E-state index in [-0.39, 0.29) is 23.2 Å². The number of rotatable bonds is 5. The Morgan fingerprint density at radius 1 is 1.29 bits per heavy atom. The predicted molar refractivity (Wildman–Crippen MR) is 79.5 cm³/mol. The fourth-order valence-corrected chi connectivity index (χ4v) is 1.99. The number of carbonyl (C=O) groups excluding carboxylic acids is 1. The molecule has 9 heteroatoms. The summed E-state index contributed by atoms with van der Waals surface area (Å²) in [7, 11) is 1.59. The molecule has 0 saturated carbocycles. The molecule has 1 N–H and O–H groups in total. The maximum atomic E-state index is 13.2. The summed E-state index contributed by atoms with van der Waals surface area (Å²) < 4.78 is 46.4. The van der Waals surface area contributed by atoms with Crippen molar-refractivity contribution in [1.82, 2.24) is 19.9 Å². The van der Waals surface area contributed by atoms with Crippen LogP contribution in [0.2, 0.25) is 0 Å². The van der Waals surface area contributed by atoms with Gasteiger partial charge < -0.3 is 14.6 Å². The van der Waals surface area contributed by atoms with Crippen molar-refractivity contribution in [3.8, 4) is 5.88 Å². The van der Waals surface area contributed by atoms with Gasteiger partial charge in [0.1, 0.15) is 5.69 Å². The van der Waals surface area contributed by atoms with Gasteiger partial charge in [0.2, 0.25) is 5.88 Å². The van der Waals surface area contributed by atoms with Gasteiger partial charge >= 0.3 is 6.18 Å². The monoisotopic (exact) mass is 342 g/mol. The first-order valence-electron chi connectivity index (χ1n) is 7.15. The number of aryl methyl sites for hydroxylation is 1. The van der Waals surface area contributed by atoms with Gasteiger partial charge in [0.05, 0.1) is 18.5 Å². The Hall–Kier alpha value is -2.58. The van der Waals surface area contributed by atoms with E-state index in [0.29, 0.717) is 0 Å². The van der Waals surface area contributed by atoms with Crippen LogP contribution in [-0.2, 0) is 7.05 Å². The fraction of sp³-hybridized carbons (Fsp3) is 0.400. The summed E-state index contributed by atoms with van der Waals surface area (Å²) in [6.07, 6.45) is 0.268. The zero-order valence-electron chi connectivity index (χ0n) is 13.3. The minimum absolute atomic E-state index is 0.0638. The highest BCUT2D eigenvalue weighted by atomic mass is 19.4. The van der Waals surface area contributed by atoms with Gasteiger partial charge in [0, 0.05) is 25.0 Å². The number of nitrogens with one attached hydrogen (secondary N) is 1. The van der Waals surface area contributed by atoms with E-state index >= 15 is 0 Å². The van der Waals surface area contributed by atoms with Crippen LogP contribution in [-0.4, -0.2) is 32.7 Å². The lowest BCUT2D eigenvalue weighted by Gasteiger charge is -2.20. The van der Waals surface area contributed by atoms with Crippen molar-refractivity contribution in [2.24, 2.45) is 7.05 Å². The minimum atomic E-state index is -4.63. The van der Waals surface area contributed by atoms with Crippen LogP contribution in [0.1, 0.15) is 35.9 Å². The molecule has 1 amide bonds. The van der Waals surface area contributed by atoms with Crippen LogP contribution in [0.3, 0.4) is 0 Å². The predicted octanol–water partition coefficient (Wildman–Crippen LogP) is 2.64. The number of aromatic nitrogens is 3. The third-order valence-electron chi connectivity index (χ3n) is 3.01. The van der Waals surface area contributed by atoms with Gasteiger partial charge in [0.25, 0.3) is 5.91 Å². The van der Waals surface area contributed by atoms with Crippen LogP contribution >= 0.6 is 0 Å². The summed E-state index contributed by atoms with van der Waals surface area (Å²) >= 11 is 0. The summed E-state index contributed by atoms with van der Waals surface area (Å²) in [4.78, 5) is 19.7. The molecule has 0 aliphatic rings. The second-order valence-corrected chi connectivity index (χ2v) is 5.46. The van der Waals surface area contributed by atoms with Crippen LogP contribution in [0.4, 0.5) is 13.2 Å². The lowest BCUT2D eigenvalue weighted by Crippen LogP contribution is -2.38. The van der Waals surface area contributed by atoms with Gasteiger partial charge in [-0.15, -0.1) is 0 Å². The lowest BCUT2D eigenvalue weighted by atomic mass is 10.1. The third kappa shape index (κ3) is 4.46. The molecule has 130 valence electrons. The van der Waals surface area contributed by atoms with Crippen LogP contribution in [0.5, 0.6) is 5.88 Å². The number of amides is 1. The Bertz CT molecular complexity index is 695. The smallest absolute Gasteiger partial charge is 0.412 e. The first-order valence-corrected chi connectivity index (χ1v) is 7.15. The minimum Gasteiger partial charge on any atom is -0.474 e. The summed E-state index contributed by atoms with van der Waals surface area (Å²) in [5.74, 6) is -0.776. The number of halogens is 3. The molecule has 0 saturated heterocycles. The molecule has 0 bridgehead atoms. The van der Waals surface area contributed by atoms with E-state index in [1.165, 1.54) is 29.2 Å². The molecule has 0 aromatic carbocycles. The molecule has 6 nitrogen and oxygen atoms in total. The Morgan fingerprint density at radius 3 is 2.46 bits per heavy atom. The maximum absolute atomic E-state index is 13.2. The molecule has 24 heavy (non-hydrogen) atoms. The molecule has 0 aliphatic heterocycles. The van der Waals surface area contributed by atoms with E-state index in [1.54, 1.807) is 20.9 Å². The van der Waals surface area contributed by atoms with E-state index in [4.69, 9.17) is 4.74 Å². The van der Waals surface area contributed by atoms with E-state index in [2.05, 4.69) is 9.97 Å². The maximum Gasteiger partial charge on any atom is 0.412 e. The highest BCUT2D eigenvalue weighted by molar-refractivity contribution is 5.92. The van der Waals surface area contributed by atoms with Crippen molar-refractivity contribution in [1.29, 1.82) is 0 Å². The van der Waals surface area contributed by atoms with Gasteiger partial charge in [-0.05, 0) is 19.9 Å². The Kier molecular flexibility index (Phi) is 5.10. The van der Waals surface area contributed by atoms with Gasteiger partial charge in [-0.25, -0.2) is 9.97 Å². The number of alkyl halides is 3. The zero-order valence-corrected chi connectivity index (χ0v) is 13.3. The van der Waals surface area contributed by atoms with Crippen LogP contribution < -0.4 is 10.1 Å². The van der Waals surface area contributed by atoms with Gasteiger partial charge in [0.15, 0.2) is 6.04 Å². The van der Waals surface area contributed by atoms with Crippen LogP contribution in [0.15, 0.2) is 30.9 Å². The van der Waals surface area contributed by atoms with Crippen molar-refractivity contribution in [3.63, 3.8) is 0 Å². The second kappa shape index (κ2) is 6.90. The molecule has 2 rings (SSSR count). The quantitative estimate of drug-likeness (QED) is 0.907. The number of nitrogens with zero attached hydrogens (tertiary/aromatic N) is 3. The molecule has 0 unspecified atom stereocenters. The highest BCUT2D eigenvalue weighted by Crippen LogP contribution is 2.32. The van der Waals surface area contributed by atoms with Gasteiger partial charge in [-0.1, -0.05) is 0 Å². The van der Waals surface area contributed by atoms with Crippen LogP contribution in [0.25, 0.3) is 0 Å². The molecule has 0 radical (unpaired) electrons. The molecular weight excluding hydrogens is 325 g/mol. The summed E-state index contributed by atoms with van der Waals surface area (Å²) in [5, 5.41) is 1.94. The summed E-state index contributed by atoms with van der Waals surface area (Å²) in [5.41, 5.74) is -0.289. The zero-order chi connectivity index (χ0) is 17.9. The standard InChI is InChI=1S/C15H17F3N4O2/c1-9(2)24-12-7-19-11(6-20-12)14(23)21-13(15(16,17)18)10-4-5-22(3)8-10/h4-9,13H,1-3H3,(H,21,23)/t13-/m1/s1. The number of carbonyl (C=O) groups is 1. The average molecular weight is 342 g/mol. The molecule has 2 aromatic heterocycles. The Balaban J connectivity index is 2.16. The molecule has 0 aliphatic carbocycles.